The summed E-state index contributed by atoms with van der Waals surface area (Å²) in [6.45, 7) is 0. The zero-order chi connectivity index (χ0) is 14.4. The number of benzene rings is 1. The van der Waals surface area contributed by atoms with E-state index in [2.05, 4.69) is 26.0 Å². The number of nitrogens with two attached hydrogens (primary N) is 1. The van der Waals surface area contributed by atoms with Gasteiger partial charge in [-0.05, 0) is 30.3 Å². The van der Waals surface area contributed by atoms with Gasteiger partial charge < -0.3 is 15.7 Å². The van der Waals surface area contributed by atoms with Crippen molar-refractivity contribution in [3.63, 3.8) is 0 Å². The zero-order valence-electron chi connectivity index (χ0n) is 10.9. The zero-order valence-corrected chi connectivity index (χ0v) is 10.9. The van der Waals surface area contributed by atoms with Gasteiger partial charge in [-0.3, -0.25) is 0 Å². The van der Waals surface area contributed by atoms with Gasteiger partial charge in [0.2, 0.25) is 0 Å². The maximum Gasteiger partial charge on any atom is 0.160 e. The quantitative estimate of drug-likeness (QED) is 0.495. The number of nitrogens with one attached hydrogen (secondary N) is 2. The van der Waals surface area contributed by atoms with Gasteiger partial charge in [-0.1, -0.05) is 0 Å². The number of pyridine rings is 1. The molecule has 4 N–H and O–H groups in total. The highest BCUT2D eigenvalue weighted by Crippen LogP contribution is 2.30. The summed E-state index contributed by atoms with van der Waals surface area (Å²) in [5, 5.41) is 9.95. The van der Waals surface area contributed by atoms with E-state index in [9.17, 15) is 0 Å². The third-order valence-corrected chi connectivity index (χ3v) is 3.45. The molecule has 0 unspecified atom stereocenters. The van der Waals surface area contributed by atoms with Crippen molar-refractivity contribution in [1.29, 1.82) is 5.26 Å². The number of fused-ring (bicyclic) bond motifs is 2. The maximum absolute atomic E-state index is 8.97. The van der Waals surface area contributed by atoms with Crippen molar-refractivity contribution in [3.8, 4) is 17.3 Å². The molecule has 0 bridgehead atoms. The standard InChI is InChI=1S/C15H10N6/c16-6-8-1-2-11-9(3-8)4-12(20-11)10-5-13(17)21-15-14(10)18-7-19-15/h1-5,7,20H,(H3,17,18,19,21). The predicted octanol–water partition coefficient (Wildman–Crippen LogP) is 2.56. The van der Waals surface area contributed by atoms with Crippen molar-refractivity contribution in [2.75, 3.05) is 5.73 Å². The van der Waals surface area contributed by atoms with Crippen LogP contribution in [0, 0.1) is 11.3 Å². The number of imidazole rings is 1. The van der Waals surface area contributed by atoms with E-state index in [1.54, 1.807) is 18.5 Å². The van der Waals surface area contributed by atoms with Crippen LogP contribution >= 0.6 is 0 Å². The van der Waals surface area contributed by atoms with E-state index in [4.69, 9.17) is 11.0 Å². The van der Waals surface area contributed by atoms with Crippen molar-refractivity contribution in [2.45, 2.75) is 0 Å². The van der Waals surface area contributed by atoms with Gasteiger partial charge in [0.05, 0.1) is 18.0 Å². The highest BCUT2D eigenvalue weighted by molar-refractivity contribution is 5.95. The third-order valence-electron chi connectivity index (χ3n) is 3.45. The first kappa shape index (κ1) is 11.5. The lowest BCUT2D eigenvalue weighted by molar-refractivity contribution is 1.31. The van der Waals surface area contributed by atoms with E-state index in [0.717, 1.165) is 27.7 Å². The largest absolute Gasteiger partial charge is 0.384 e. The minimum atomic E-state index is 0.429. The molecule has 0 radical (unpaired) electrons. The first-order valence-corrected chi connectivity index (χ1v) is 6.37. The van der Waals surface area contributed by atoms with E-state index in [1.807, 2.05) is 18.2 Å². The monoisotopic (exact) mass is 274 g/mol. The van der Waals surface area contributed by atoms with Crippen LogP contribution in [0.5, 0.6) is 0 Å². The molecule has 0 atom stereocenters. The third kappa shape index (κ3) is 1.72. The van der Waals surface area contributed by atoms with Crippen LogP contribution in [0.25, 0.3) is 33.3 Å². The van der Waals surface area contributed by atoms with Crippen LogP contribution in [0.4, 0.5) is 5.82 Å². The van der Waals surface area contributed by atoms with Crippen LogP contribution in [0.15, 0.2) is 36.7 Å². The van der Waals surface area contributed by atoms with Gasteiger partial charge in [-0.25, -0.2) is 9.97 Å². The molecular weight excluding hydrogens is 264 g/mol. The Morgan fingerprint density at radius 1 is 1.19 bits per heavy atom. The summed E-state index contributed by atoms with van der Waals surface area (Å²) in [6, 6.07) is 11.4. The van der Waals surface area contributed by atoms with E-state index < -0.39 is 0 Å². The van der Waals surface area contributed by atoms with E-state index in [-0.39, 0.29) is 0 Å². The van der Waals surface area contributed by atoms with Gasteiger partial charge in [0.1, 0.15) is 11.3 Å². The fraction of sp³-hybridized carbons (Fsp3) is 0. The fourth-order valence-electron chi connectivity index (χ4n) is 2.50. The van der Waals surface area contributed by atoms with Crippen LogP contribution in [0.2, 0.25) is 0 Å². The topological polar surface area (TPSA) is 107 Å². The van der Waals surface area contributed by atoms with Gasteiger partial charge in [0, 0.05) is 22.2 Å². The van der Waals surface area contributed by atoms with E-state index in [0.29, 0.717) is 17.0 Å². The molecule has 0 aliphatic carbocycles. The number of hydrogen-bond acceptors (Lipinski definition) is 4. The number of rotatable bonds is 1. The van der Waals surface area contributed by atoms with Crippen molar-refractivity contribution in [3.05, 3.63) is 42.2 Å². The molecule has 4 aromatic rings. The van der Waals surface area contributed by atoms with Crippen LogP contribution in [-0.2, 0) is 0 Å². The Labute approximate surface area is 119 Å². The molecule has 0 fully saturated rings. The number of H-pyrrole nitrogens is 2. The SMILES string of the molecule is N#Cc1ccc2[nH]c(-c3cc(N)nc4[nH]cnc34)cc2c1. The Kier molecular flexibility index (Phi) is 2.23. The highest BCUT2D eigenvalue weighted by Gasteiger charge is 2.11. The predicted molar refractivity (Wildman–Crippen MR) is 80.3 cm³/mol. The lowest BCUT2D eigenvalue weighted by Gasteiger charge is -2.01. The minimum absolute atomic E-state index is 0.429. The summed E-state index contributed by atoms with van der Waals surface area (Å²) in [5.74, 6) is 0.429. The number of hydrogen-bond donors (Lipinski definition) is 3. The second kappa shape index (κ2) is 4.08. The summed E-state index contributed by atoms with van der Waals surface area (Å²) >= 11 is 0. The number of nitrogens with zero attached hydrogens (tertiary/aromatic N) is 3. The molecule has 1 aromatic carbocycles. The molecule has 6 nitrogen and oxygen atoms in total. The molecule has 3 aromatic heterocycles. The number of anilines is 1. The average molecular weight is 274 g/mol. The van der Waals surface area contributed by atoms with Crippen LogP contribution in [0.3, 0.4) is 0 Å². The first-order chi connectivity index (χ1) is 10.2. The Morgan fingerprint density at radius 2 is 2.10 bits per heavy atom. The van der Waals surface area contributed by atoms with E-state index in [1.165, 1.54) is 0 Å². The van der Waals surface area contributed by atoms with Crippen molar-refractivity contribution in [1.82, 2.24) is 19.9 Å². The molecule has 100 valence electrons. The van der Waals surface area contributed by atoms with Gasteiger partial charge in [0.25, 0.3) is 0 Å². The molecular formula is C15H10N6. The normalized spacial score (nSPS) is 11.0. The van der Waals surface area contributed by atoms with Gasteiger partial charge >= 0.3 is 0 Å². The Morgan fingerprint density at radius 3 is 2.95 bits per heavy atom. The van der Waals surface area contributed by atoms with Crippen molar-refractivity contribution < 1.29 is 0 Å². The Balaban J connectivity index is 2.00. The van der Waals surface area contributed by atoms with Crippen LogP contribution in [0.1, 0.15) is 5.56 Å². The minimum Gasteiger partial charge on any atom is -0.384 e. The first-order valence-electron chi connectivity index (χ1n) is 6.37. The summed E-state index contributed by atoms with van der Waals surface area (Å²) in [5.41, 5.74) is 10.6. The number of aromatic nitrogens is 4. The molecule has 3 heterocycles. The second-order valence-electron chi connectivity index (χ2n) is 4.79. The number of nitrogen functional groups attached to an aromatic ring is 1. The molecule has 4 rings (SSSR count). The van der Waals surface area contributed by atoms with Gasteiger partial charge in [0.15, 0.2) is 5.65 Å². The molecule has 0 spiro atoms. The van der Waals surface area contributed by atoms with Crippen molar-refractivity contribution >= 4 is 27.9 Å². The second-order valence-corrected chi connectivity index (χ2v) is 4.79. The molecule has 21 heavy (non-hydrogen) atoms. The number of aromatic amines is 2. The molecule has 0 saturated heterocycles. The Bertz CT molecular complexity index is 1020. The van der Waals surface area contributed by atoms with Gasteiger partial charge in [-0.2, -0.15) is 5.26 Å². The van der Waals surface area contributed by atoms with Crippen LogP contribution in [-0.4, -0.2) is 19.9 Å². The average Bonchev–Trinajstić information content (AvgIpc) is 3.11. The summed E-state index contributed by atoms with van der Waals surface area (Å²) in [6.07, 6.45) is 1.59. The van der Waals surface area contributed by atoms with Gasteiger partial charge in [-0.15, -0.1) is 0 Å². The molecule has 0 amide bonds. The summed E-state index contributed by atoms with van der Waals surface area (Å²) < 4.78 is 0. The van der Waals surface area contributed by atoms with E-state index >= 15 is 0 Å². The lowest BCUT2D eigenvalue weighted by atomic mass is 10.1. The molecule has 6 heteroatoms. The summed E-state index contributed by atoms with van der Waals surface area (Å²) in [4.78, 5) is 14.8. The number of nitriles is 1. The molecule has 0 aliphatic heterocycles. The lowest BCUT2D eigenvalue weighted by Crippen LogP contribution is -1.92. The molecule has 0 saturated carbocycles. The highest BCUT2D eigenvalue weighted by atomic mass is 15.0. The fourth-order valence-corrected chi connectivity index (χ4v) is 2.50. The Hall–Kier alpha value is -3.33. The van der Waals surface area contributed by atoms with Crippen molar-refractivity contribution in [2.24, 2.45) is 0 Å². The molecule has 0 aliphatic rings. The van der Waals surface area contributed by atoms with Crippen LogP contribution < -0.4 is 5.73 Å². The summed E-state index contributed by atoms with van der Waals surface area (Å²) in [7, 11) is 0. The maximum atomic E-state index is 8.97. The smallest absolute Gasteiger partial charge is 0.160 e.